The van der Waals surface area contributed by atoms with E-state index < -0.39 is 30.4 Å². The van der Waals surface area contributed by atoms with E-state index in [1.807, 2.05) is 6.08 Å². The Bertz CT molecular complexity index is 803. The predicted molar refractivity (Wildman–Crippen MR) is 159 cm³/mol. The van der Waals surface area contributed by atoms with Gasteiger partial charge in [0.25, 0.3) is 0 Å². The SMILES string of the molecule is CCCCC1(CC=C[C@H]2CCC[C@@H]2CC=CCC(O)C(OC2CCCCO2)(OC2CCCCO2)C(=O)OC)CCC1. The van der Waals surface area contributed by atoms with Gasteiger partial charge in [0.15, 0.2) is 12.6 Å². The van der Waals surface area contributed by atoms with Gasteiger partial charge in [-0.3, -0.25) is 0 Å². The summed E-state index contributed by atoms with van der Waals surface area (Å²) < 4.78 is 29.0. The Balaban J connectivity index is 1.35. The van der Waals surface area contributed by atoms with Crippen LogP contribution in [0.1, 0.15) is 122 Å². The Morgan fingerprint density at radius 2 is 1.66 bits per heavy atom. The van der Waals surface area contributed by atoms with Crippen LogP contribution in [-0.4, -0.2) is 55.9 Å². The summed E-state index contributed by atoms with van der Waals surface area (Å²) in [6.07, 6.45) is 26.0. The fourth-order valence-electron chi connectivity index (χ4n) is 7.10. The van der Waals surface area contributed by atoms with E-state index in [-0.39, 0.29) is 6.42 Å². The van der Waals surface area contributed by atoms with Crippen molar-refractivity contribution in [2.24, 2.45) is 17.3 Å². The van der Waals surface area contributed by atoms with Gasteiger partial charge in [0, 0.05) is 13.2 Å². The summed E-state index contributed by atoms with van der Waals surface area (Å²) in [7, 11) is 1.29. The van der Waals surface area contributed by atoms with Crippen LogP contribution in [0.15, 0.2) is 24.3 Å². The molecule has 2 saturated carbocycles. The van der Waals surface area contributed by atoms with Gasteiger partial charge in [0.1, 0.15) is 6.10 Å². The first kappa shape index (κ1) is 32.7. The third kappa shape index (κ3) is 9.12. The lowest BCUT2D eigenvalue weighted by molar-refractivity contribution is -0.372. The number of rotatable bonds is 16. The van der Waals surface area contributed by atoms with Crippen LogP contribution in [0.3, 0.4) is 0 Å². The van der Waals surface area contributed by atoms with E-state index >= 15 is 0 Å². The number of allylic oxidation sites excluding steroid dienone is 3. The molecule has 2 heterocycles. The highest BCUT2D eigenvalue weighted by atomic mass is 16.8. The number of ether oxygens (including phenoxy) is 5. The lowest BCUT2D eigenvalue weighted by Gasteiger charge is -2.41. The van der Waals surface area contributed by atoms with Crippen molar-refractivity contribution in [1.82, 2.24) is 0 Å². The molecule has 0 aromatic rings. The maximum Gasteiger partial charge on any atom is 0.369 e. The Hall–Kier alpha value is -1.25. The van der Waals surface area contributed by atoms with Gasteiger partial charge in [0.05, 0.1) is 7.11 Å². The number of carbonyl (C=O) groups excluding carboxylic acids is 1. The van der Waals surface area contributed by atoms with Crippen molar-refractivity contribution in [2.45, 2.75) is 147 Å². The van der Waals surface area contributed by atoms with Crippen molar-refractivity contribution in [2.75, 3.05) is 20.3 Å². The summed E-state index contributed by atoms with van der Waals surface area (Å²) in [5.74, 6) is -1.51. The molecule has 7 heteroatoms. The number of methoxy groups -OCH3 is 1. The van der Waals surface area contributed by atoms with Crippen LogP contribution in [0, 0.1) is 17.3 Å². The van der Waals surface area contributed by atoms with Crippen molar-refractivity contribution in [3.05, 3.63) is 24.3 Å². The molecule has 4 fully saturated rings. The number of carbonyl (C=O) groups is 1. The molecule has 0 bridgehead atoms. The van der Waals surface area contributed by atoms with Crippen LogP contribution in [0.5, 0.6) is 0 Å². The molecule has 0 spiro atoms. The summed E-state index contributed by atoms with van der Waals surface area (Å²) in [4.78, 5) is 13.2. The summed E-state index contributed by atoms with van der Waals surface area (Å²) in [6.45, 7) is 3.40. The topological polar surface area (TPSA) is 83.5 Å². The monoisotopic (exact) mass is 576 g/mol. The van der Waals surface area contributed by atoms with Crippen molar-refractivity contribution >= 4 is 5.97 Å². The molecule has 0 aromatic carbocycles. The van der Waals surface area contributed by atoms with Crippen molar-refractivity contribution in [3.8, 4) is 0 Å². The Kier molecular flexibility index (Phi) is 13.2. The Morgan fingerprint density at radius 1 is 0.951 bits per heavy atom. The molecule has 0 amide bonds. The molecule has 5 atom stereocenters. The van der Waals surface area contributed by atoms with Gasteiger partial charge < -0.3 is 28.8 Å². The molecule has 0 radical (unpaired) electrons. The lowest BCUT2D eigenvalue weighted by atomic mass is 9.64. The second-order valence-corrected chi connectivity index (χ2v) is 12.9. The zero-order valence-corrected chi connectivity index (χ0v) is 25.7. The van der Waals surface area contributed by atoms with E-state index in [0.717, 1.165) is 32.1 Å². The van der Waals surface area contributed by atoms with Crippen LogP contribution in [-0.2, 0) is 28.5 Å². The highest BCUT2D eigenvalue weighted by molar-refractivity contribution is 5.78. The smallest absolute Gasteiger partial charge is 0.369 e. The van der Waals surface area contributed by atoms with Crippen molar-refractivity contribution < 1.29 is 33.6 Å². The van der Waals surface area contributed by atoms with Crippen LogP contribution in [0.25, 0.3) is 0 Å². The third-order valence-electron chi connectivity index (χ3n) is 9.89. The second-order valence-electron chi connectivity index (χ2n) is 12.9. The fourth-order valence-corrected chi connectivity index (χ4v) is 7.10. The summed E-state index contributed by atoms with van der Waals surface area (Å²) >= 11 is 0. The molecular formula is C34H56O7. The average molecular weight is 577 g/mol. The van der Waals surface area contributed by atoms with E-state index in [2.05, 4.69) is 25.2 Å². The normalized spacial score (nSPS) is 30.7. The first-order valence-corrected chi connectivity index (χ1v) is 16.7. The molecule has 4 rings (SSSR count). The van der Waals surface area contributed by atoms with Crippen LogP contribution >= 0.6 is 0 Å². The first-order chi connectivity index (χ1) is 20.0. The van der Waals surface area contributed by atoms with Crippen LogP contribution in [0.4, 0.5) is 0 Å². The van der Waals surface area contributed by atoms with Gasteiger partial charge in [-0.25, -0.2) is 4.79 Å². The van der Waals surface area contributed by atoms with Crippen molar-refractivity contribution in [1.29, 1.82) is 0 Å². The largest absolute Gasteiger partial charge is 0.465 e. The molecule has 7 nitrogen and oxygen atoms in total. The molecule has 41 heavy (non-hydrogen) atoms. The fraction of sp³-hybridized carbons (Fsp3) is 0.853. The number of unbranched alkanes of at least 4 members (excludes halogenated alkanes) is 1. The third-order valence-corrected chi connectivity index (χ3v) is 9.89. The molecule has 3 unspecified atom stereocenters. The van der Waals surface area contributed by atoms with Gasteiger partial charge in [-0.1, -0.05) is 56.9 Å². The van der Waals surface area contributed by atoms with E-state index in [1.54, 1.807) is 0 Å². The van der Waals surface area contributed by atoms with Gasteiger partial charge in [-0.2, -0.15) is 0 Å². The molecule has 234 valence electrons. The lowest BCUT2D eigenvalue weighted by Crippen LogP contribution is -2.58. The van der Waals surface area contributed by atoms with Gasteiger partial charge >= 0.3 is 11.8 Å². The number of aliphatic hydroxyl groups is 1. The second kappa shape index (κ2) is 16.6. The quantitative estimate of drug-likeness (QED) is 0.117. The van der Waals surface area contributed by atoms with E-state index in [9.17, 15) is 9.90 Å². The Morgan fingerprint density at radius 3 is 2.22 bits per heavy atom. The minimum atomic E-state index is -2.00. The standard InChI is InChI=1S/C34H56O7/c1-3-4-21-33(23-13-24-33)22-12-17-28-16-11-15-27(28)14-5-6-18-29(35)34(32(36)37-2,40-30-19-7-9-25-38-30)41-31-20-8-10-26-39-31/h5-6,12,17,27-31,35H,3-4,7-11,13-16,18-26H2,1-2H3/t27-,28+,29?,30?,31?,34?/m0/s1. The molecule has 0 aromatic heterocycles. The first-order valence-electron chi connectivity index (χ1n) is 16.7. The Labute approximate surface area is 248 Å². The summed E-state index contributed by atoms with van der Waals surface area (Å²) in [6, 6.07) is 0. The maximum atomic E-state index is 13.2. The zero-order chi connectivity index (χ0) is 29.0. The minimum Gasteiger partial charge on any atom is -0.465 e. The van der Waals surface area contributed by atoms with Gasteiger partial charge in [-0.05, 0) is 107 Å². The van der Waals surface area contributed by atoms with Crippen LogP contribution in [0.2, 0.25) is 0 Å². The number of aliphatic hydroxyl groups excluding tert-OH is 1. The van der Waals surface area contributed by atoms with Crippen LogP contribution < -0.4 is 0 Å². The van der Waals surface area contributed by atoms with Gasteiger partial charge in [-0.15, -0.1) is 0 Å². The number of esters is 1. The predicted octanol–water partition coefficient (Wildman–Crippen LogP) is 7.36. The summed E-state index contributed by atoms with van der Waals surface area (Å²) in [5.41, 5.74) is 0.582. The zero-order valence-electron chi connectivity index (χ0n) is 25.7. The molecule has 2 saturated heterocycles. The van der Waals surface area contributed by atoms with Gasteiger partial charge in [0.2, 0.25) is 0 Å². The average Bonchev–Trinajstić information content (AvgIpc) is 3.43. The van der Waals surface area contributed by atoms with E-state index in [4.69, 9.17) is 23.7 Å². The van der Waals surface area contributed by atoms with Crippen molar-refractivity contribution in [3.63, 3.8) is 0 Å². The minimum absolute atomic E-state index is 0.210. The molecule has 4 aliphatic rings. The molecule has 2 aliphatic carbocycles. The highest BCUT2D eigenvalue weighted by Gasteiger charge is 2.53. The van der Waals surface area contributed by atoms with E-state index in [1.165, 1.54) is 71.3 Å². The summed E-state index contributed by atoms with van der Waals surface area (Å²) in [5, 5.41) is 11.4. The number of hydrogen-bond donors (Lipinski definition) is 1. The van der Waals surface area contributed by atoms with E-state index in [0.29, 0.717) is 43.3 Å². The molecular weight excluding hydrogens is 520 g/mol. The molecule has 1 N–H and O–H groups in total. The highest BCUT2D eigenvalue weighted by Crippen LogP contribution is 2.48. The maximum absolute atomic E-state index is 13.2. The molecule has 2 aliphatic heterocycles. The number of hydrogen-bond acceptors (Lipinski definition) is 7.